The maximum absolute atomic E-state index is 13.5. The first-order valence-electron chi connectivity index (χ1n) is 6.79. The first kappa shape index (κ1) is 14.4. The van der Waals surface area contributed by atoms with E-state index in [1.807, 2.05) is 13.8 Å². The molecule has 0 aliphatic carbocycles. The number of phenolic OH excluding ortho intramolecular Hbond substituents is 1. The number of carbonyl (C=O) groups is 1. The van der Waals surface area contributed by atoms with Crippen molar-refractivity contribution in [2.24, 2.45) is 0 Å². The molecule has 2 aromatic carbocycles. The topological polar surface area (TPSA) is 55.8 Å². The van der Waals surface area contributed by atoms with Crippen LogP contribution in [0.4, 0.5) is 4.39 Å². The van der Waals surface area contributed by atoms with Gasteiger partial charge in [-0.2, -0.15) is 0 Å². The van der Waals surface area contributed by atoms with Crippen LogP contribution < -0.4 is 4.74 Å². The SMILES string of the molecule is COC(=O)c1c2c(c3ccc(F)cc3c1O)OC(C)(C)C=C2. The third kappa shape index (κ3) is 2.09. The fourth-order valence-electron chi connectivity index (χ4n) is 2.59. The van der Waals surface area contributed by atoms with E-state index in [4.69, 9.17) is 9.47 Å². The maximum atomic E-state index is 13.5. The molecule has 0 amide bonds. The zero-order chi connectivity index (χ0) is 16.1. The summed E-state index contributed by atoms with van der Waals surface area (Å²) in [6.07, 6.45) is 3.50. The second-order valence-corrected chi connectivity index (χ2v) is 5.69. The van der Waals surface area contributed by atoms with Gasteiger partial charge in [-0.25, -0.2) is 9.18 Å². The molecule has 0 fully saturated rings. The van der Waals surface area contributed by atoms with Gasteiger partial charge in [0.1, 0.15) is 28.5 Å². The average Bonchev–Trinajstić information content (AvgIpc) is 2.47. The van der Waals surface area contributed by atoms with E-state index in [9.17, 15) is 14.3 Å². The molecule has 114 valence electrons. The van der Waals surface area contributed by atoms with Crippen LogP contribution in [0.2, 0.25) is 0 Å². The molecule has 1 N–H and O–H groups in total. The lowest BCUT2D eigenvalue weighted by molar-refractivity contribution is 0.0595. The summed E-state index contributed by atoms with van der Waals surface area (Å²) >= 11 is 0. The zero-order valence-corrected chi connectivity index (χ0v) is 12.4. The summed E-state index contributed by atoms with van der Waals surface area (Å²) < 4.78 is 24.2. The van der Waals surface area contributed by atoms with Gasteiger partial charge in [0.25, 0.3) is 0 Å². The smallest absolute Gasteiger partial charge is 0.342 e. The molecular formula is C17H15FO4. The number of fused-ring (bicyclic) bond motifs is 3. The number of carbonyl (C=O) groups excluding carboxylic acids is 1. The minimum Gasteiger partial charge on any atom is -0.506 e. The van der Waals surface area contributed by atoms with E-state index in [2.05, 4.69) is 0 Å². The molecule has 0 saturated heterocycles. The van der Waals surface area contributed by atoms with Crippen molar-refractivity contribution < 1.29 is 23.8 Å². The molecule has 0 aromatic heterocycles. The Balaban J connectivity index is 2.45. The van der Waals surface area contributed by atoms with Crippen LogP contribution in [0.3, 0.4) is 0 Å². The number of rotatable bonds is 1. The molecule has 0 unspecified atom stereocenters. The summed E-state index contributed by atoms with van der Waals surface area (Å²) in [5.74, 6) is -1.09. The lowest BCUT2D eigenvalue weighted by Crippen LogP contribution is -2.28. The molecule has 0 spiro atoms. The Labute approximate surface area is 126 Å². The van der Waals surface area contributed by atoms with Gasteiger partial charge < -0.3 is 14.6 Å². The highest BCUT2D eigenvalue weighted by atomic mass is 19.1. The Morgan fingerprint density at radius 2 is 2.05 bits per heavy atom. The second-order valence-electron chi connectivity index (χ2n) is 5.69. The third-order valence-electron chi connectivity index (χ3n) is 3.64. The van der Waals surface area contributed by atoms with Gasteiger partial charge in [0.05, 0.1) is 7.11 Å². The van der Waals surface area contributed by atoms with Gasteiger partial charge in [-0.15, -0.1) is 0 Å². The van der Waals surface area contributed by atoms with Crippen molar-refractivity contribution in [3.63, 3.8) is 0 Å². The normalized spacial score (nSPS) is 15.3. The molecule has 1 aliphatic heterocycles. The lowest BCUT2D eigenvalue weighted by Gasteiger charge is -2.30. The van der Waals surface area contributed by atoms with Gasteiger partial charge in [-0.3, -0.25) is 0 Å². The average molecular weight is 302 g/mol. The van der Waals surface area contributed by atoms with Crippen LogP contribution in [0.25, 0.3) is 16.8 Å². The highest BCUT2D eigenvalue weighted by Crippen LogP contribution is 2.45. The number of methoxy groups -OCH3 is 1. The number of halogens is 1. The highest BCUT2D eigenvalue weighted by molar-refractivity contribution is 6.08. The predicted octanol–water partition coefficient (Wildman–Crippen LogP) is 3.66. The molecule has 0 atom stereocenters. The Kier molecular flexibility index (Phi) is 3.09. The van der Waals surface area contributed by atoms with Crippen LogP contribution >= 0.6 is 0 Å². The molecule has 0 saturated carbocycles. The van der Waals surface area contributed by atoms with Crippen LogP contribution in [0.1, 0.15) is 29.8 Å². The van der Waals surface area contributed by atoms with E-state index in [1.54, 1.807) is 12.2 Å². The van der Waals surface area contributed by atoms with E-state index in [-0.39, 0.29) is 16.7 Å². The minimum atomic E-state index is -0.701. The summed E-state index contributed by atoms with van der Waals surface area (Å²) in [5, 5.41) is 11.2. The number of hydrogen-bond acceptors (Lipinski definition) is 4. The number of esters is 1. The fraction of sp³-hybridized carbons (Fsp3) is 0.235. The van der Waals surface area contributed by atoms with Crippen molar-refractivity contribution in [3.05, 3.63) is 41.2 Å². The van der Waals surface area contributed by atoms with Crippen molar-refractivity contribution in [1.82, 2.24) is 0 Å². The van der Waals surface area contributed by atoms with Gasteiger partial charge >= 0.3 is 5.97 Å². The third-order valence-corrected chi connectivity index (χ3v) is 3.64. The fourth-order valence-corrected chi connectivity index (χ4v) is 2.59. The van der Waals surface area contributed by atoms with E-state index in [0.29, 0.717) is 16.7 Å². The van der Waals surface area contributed by atoms with Crippen LogP contribution in [-0.4, -0.2) is 23.8 Å². The van der Waals surface area contributed by atoms with Crippen LogP contribution in [-0.2, 0) is 4.74 Å². The molecule has 2 aromatic rings. The molecule has 22 heavy (non-hydrogen) atoms. The first-order valence-corrected chi connectivity index (χ1v) is 6.79. The van der Waals surface area contributed by atoms with Gasteiger partial charge in [-0.1, -0.05) is 6.08 Å². The van der Waals surface area contributed by atoms with Crippen molar-refractivity contribution in [2.45, 2.75) is 19.4 Å². The number of hydrogen-bond donors (Lipinski definition) is 1. The zero-order valence-electron chi connectivity index (χ0n) is 12.4. The standard InChI is InChI=1S/C17H15FO4/c1-17(2)7-6-11-13(16(20)21-3)14(19)12-8-9(18)4-5-10(12)15(11)22-17/h4-8,19H,1-3H3. The highest BCUT2D eigenvalue weighted by Gasteiger charge is 2.30. The molecule has 0 bridgehead atoms. The van der Waals surface area contributed by atoms with E-state index >= 15 is 0 Å². The van der Waals surface area contributed by atoms with E-state index in [1.165, 1.54) is 25.3 Å². The number of benzene rings is 2. The van der Waals surface area contributed by atoms with E-state index < -0.39 is 17.4 Å². The minimum absolute atomic E-state index is 0.0256. The monoisotopic (exact) mass is 302 g/mol. The molecule has 4 nitrogen and oxygen atoms in total. The maximum Gasteiger partial charge on any atom is 0.342 e. The Bertz CT molecular complexity index is 821. The molecule has 5 heteroatoms. The van der Waals surface area contributed by atoms with Gasteiger partial charge in [-0.05, 0) is 38.1 Å². The van der Waals surface area contributed by atoms with Crippen molar-refractivity contribution in [1.29, 1.82) is 0 Å². The summed E-state index contributed by atoms with van der Waals surface area (Å²) in [5.41, 5.74) is -0.163. The largest absolute Gasteiger partial charge is 0.506 e. The Morgan fingerprint density at radius 1 is 1.32 bits per heavy atom. The summed E-state index contributed by atoms with van der Waals surface area (Å²) in [4.78, 5) is 12.0. The van der Waals surface area contributed by atoms with Gasteiger partial charge in [0.2, 0.25) is 0 Å². The second kappa shape index (κ2) is 4.73. The molecule has 1 heterocycles. The number of aromatic hydroxyl groups is 1. The van der Waals surface area contributed by atoms with Crippen LogP contribution in [0, 0.1) is 5.82 Å². The summed E-state index contributed by atoms with van der Waals surface area (Å²) in [6, 6.07) is 3.99. The van der Waals surface area contributed by atoms with Crippen molar-refractivity contribution in [3.8, 4) is 11.5 Å². The van der Waals surface area contributed by atoms with Crippen molar-refractivity contribution in [2.75, 3.05) is 7.11 Å². The van der Waals surface area contributed by atoms with Gasteiger partial charge in [0.15, 0.2) is 0 Å². The Hall–Kier alpha value is -2.56. The summed E-state index contributed by atoms with van der Waals surface area (Å²) in [6.45, 7) is 3.74. The molecule has 3 rings (SSSR count). The summed E-state index contributed by atoms with van der Waals surface area (Å²) in [7, 11) is 1.22. The predicted molar refractivity (Wildman–Crippen MR) is 80.7 cm³/mol. The quantitative estimate of drug-likeness (QED) is 0.817. The van der Waals surface area contributed by atoms with Crippen molar-refractivity contribution >= 4 is 22.8 Å². The Morgan fingerprint density at radius 3 is 2.73 bits per heavy atom. The first-order chi connectivity index (χ1) is 10.3. The molecule has 0 radical (unpaired) electrons. The van der Waals surface area contributed by atoms with Crippen LogP contribution in [0.15, 0.2) is 24.3 Å². The number of ether oxygens (including phenoxy) is 2. The molecule has 1 aliphatic rings. The number of phenols is 1. The van der Waals surface area contributed by atoms with Crippen LogP contribution in [0.5, 0.6) is 11.5 Å². The lowest BCUT2D eigenvalue weighted by atomic mass is 9.93. The van der Waals surface area contributed by atoms with Gasteiger partial charge in [0, 0.05) is 16.3 Å². The van der Waals surface area contributed by atoms with E-state index in [0.717, 1.165) is 0 Å². The molecular weight excluding hydrogens is 287 g/mol.